The lowest BCUT2D eigenvalue weighted by atomic mass is 10.2. The molecule has 1 aromatic rings. The number of benzene rings is 1. The van der Waals surface area contributed by atoms with Crippen molar-refractivity contribution in [3.05, 3.63) is 29.8 Å². The standard InChI is InChI=1S/C17H25N3O3/c1-19(13-14-6-5-7-15(12-14)23-2)17(22)18-9-8-16(21)20-10-3-4-11-20/h5-7,12H,3-4,8-11,13H2,1-2H3,(H,18,22). The lowest BCUT2D eigenvalue weighted by molar-refractivity contribution is -0.129. The molecule has 23 heavy (non-hydrogen) atoms. The van der Waals surface area contributed by atoms with Gasteiger partial charge in [0.05, 0.1) is 7.11 Å². The van der Waals surface area contributed by atoms with Crippen molar-refractivity contribution < 1.29 is 14.3 Å². The number of carbonyl (C=O) groups is 2. The number of rotatable bonds is 6. The van der Waals surface area contributed by atoms with Crippen LogP contribution in [0, 0.1) is 0 Å². The summed E-state index contributed by atoms with van der Waals surface area (Å²) in [4.78, 5) is 27.4. The number of carbonyl (C=O) groups excluding carboxylic acids is 2. The van der Waals surface area contributed by atoms with E-state index in [1.807, 2.05) is 29.2 Å². The zero-order valence-corrected chi connectivity index (χ0v) is 13.9. The van der Waals surface area contributed by atoms with Gasteiger partial charge in [-0.2, -0.15) is 0 Å². The summed E-state index contributed by atoms with van der Waals surface area (Å²) in [6.07, 6.45) is 2.53. The molecule has 0 aromatic heterocycles. The van der Waals surface area contributed by atoms with Crippen molar-refractivity contribution >= 4 is 11.9 Å². The molecular weight excluding hydrogens is 294 g/mol. The van der Waals surface area contributed by atoms with Crippen LogP contribution in [0.4, 0.5) is 4.79 Å². The predicted octanol–water partition coefficient (Wildman–Crippen LogP) is 1.85. The first-order valence-electron chi connectivity index (χ1n) is 8.00. The Morgan fingerprint density at radius 2 is 2.04 bits per heavy atom. The van der Waals surface area contributed by atoms with Gasteiger partial charge < -0.3 is 19.9 Å². The Morgan fingerprint density at radius 3 is 2.74 bits per heavy atom. The van der Waals surface area contributed by atoms with Crippen molar-refractivity contribution in [3.63, 3.8) is 0 Å². The number of methoxy groups -OCH3 is 1. The number of amides is 3. The number of ether oxygens (including phenoxy) is 1. The maximum atomic E-state index is 12.1. The van der Waals surface area contributed by atoms with Crippen LogP contribution >= 0.6 is 0 Å². The normalized spacial score (nSPS) is 13.7. The summed E-state index contributed by atoms with van der Waals surface area (Å²) < 4.78 is 5.18. The van der Waals surface area contributed by atoms with Gasteiger partial charge in [0.25, 0.3) is 0 Å². The summed E-state index contributed by atoms with van der Waals surface area (Å²) in [6.45, 7) is 2.56. The highest BCUT2D eigenvalue weighted by atomic mass is 16.5. The summed E-state index contributed by atoms with van der Waals surface area (Å²) in [5, 5.41) is 2.79. The van der Waals surface area contributed by atoms with Crippen LogP contribution in [0.3, 0.4) is 0 Å². The van der Waals surface area contributed by atoms with E-state index in [1.54, 1.807) is 19.1 Å². The fourth-order valence-electron chi connectivity index (χ4n) is 2.65. The van der Waals surface area contributed by atoms with Gasteiger partial charge in [-0.05, 0) is 30.5 Å². The average Bonchev–Trinajstić information content (AvgIpc) is 3.09. The second kappa shape index (κ2) is 8.41. The quantitative estimate of drug-likeness (QED) is 0.870. The highest BCUT2D eigenvalue weighted by Crippen LogP contribution is 2.14. The topological polar surface area (TPSA) is 61.9 Å². The Balaban J connectivity index is 1.72. The minimum Gasteiger partial charge on any atom is -0.497 e. The maximum absolute atomic E-state index is 12.1. The second-order valence-electron chi connectivity index (χ2n) is 5.78. The summed E-state index contributed by atoms with van der Waals surface area (Å²) in [6, 6.07) is 7.44. The van der Waals surface area contributed by atoms with Gasteiger partial charge in [-0.25, -0.2) is 4.79 Å². The molecule has 6 heteroatoms. The molecule has 0 aliphatic carbocycles. The highest BCUT2D eigenvalue weighted by molar-refractivity contribution is 5.78. The van der Waals surface area contributed by atoms with Crippen LogP contribution in [0.5, 0.6) is 5.75 Å². The van der Waals surface area contributed by atoms with Crippen molar-refractivity contribution in [1.29, 1.82) is 0 Å². The van der Waals surface area contributed by atoms with E-state index >= 15 is 0 Å². The molecule has 0 unspecified atom stereocenters. The maximum Gasteiger partial charge on any atom is 0.317 e. The molecule has 126 valence electrons. The average molecular weight is 319 g/mol. The molecule has 1 aromatic carbocycles. The first kappa shape index (κ1) is 17.1. The van der Waals surface area contributed by atoms with Gasteiger partial charge in [-0.15, -0.1) is 0 Å². The number of likely N-dealkylation sites (tertiary alicyclic amines) is 1. The van der Waals surface area contributed by atoms with Gasteiger partial charge in [-0.1, -0.05) is 12.1 Å². The number of hydrogen-bond donors (Lipinski definition) is 1. The van der Waals surface area contributed by atoms with Crippen molar-refractivity contribution in [2.24, 2.45) is 0 Å². The van der Waals surface area contributed by atoms with E-state index in [1.165, 1.54) is 0 Å². The molecule has 1 aliphatic rings. The Bertz CT molecular complexity index is 542. The summed E-state index contributed by atoms with van der Waals surface area (Å²) in [7, 11) is 3.35. The molecule has 0 radical (unpaired) electrons. The van der Waals surface area contributed by atoms with Gasteiger partial charge in [0.15, 0.2) is 0 Å². The van der Waals surface area contributed by atoms with E-state index in [0.717, 1.165) is 37.2 Å². The Kier molecular flexibility index (Phi) is 6.26. The third-order valence-corrected chi connectivity index (χ3v) is 3.97. The largest absolute Gasteiger partial charge is 0.497 e. The molecule has 1 heterocycles. The Hall–Kier alpha value is -2.24. The van der Waals surface area contributed by atoms with Crippen LogP contribution in [-0.2, 0) is 11.3 Å². The number of urea groups is 1. The van der Waals surface area contributed by atoms with E-state index < -0.39 is 0 Å². The fourth-order valence-corrected chi connectivity index (χ4v) is 2.65. The van der Waals surface area contributed by atoms with E-state index in [9.17, 15) is 9.59 Å². The minimum atomic E-state index is -0.179. The number of nitrogens with zero attached hydrogens (tertiary/aromatic N) is 2. The molecule has 1 fully saturated rings. The first-order chi connectivity index (χ1) is 11.1. The summed E-state index contributed by atoms with van der Waals surface area (Å²) >= 11 is 0. The van der Waals surface area contributed by atoms with Gasteiger partial charge >= 0.3 is 6.03 Å². The van der Waals surface area contributed by atoms with Crippen molar-refractivity contribution in [2.75, 3.05) is 33.8 Å². The van der Waals surface area contributed by atoms with E-state index in [4.69, 9.17) is 4.74 Å². The molecule has 3 amide bonds. The zero-order chi connectivity index (χ0) is 16.7. The fraction of sp³-hybridized carbons (Fsp3) is 0.529. The van der Waals surface area contributed by atoms with Gasteiger partial charge in [-0.3, -0.25) is 4.79 Å². The summed E-state index contributed by atoms with van der Waals surface area (Å²) in [5.74, 6) is 0.894. The van der Waals surface area contributed by atoms with Crippen LogP contribution in [0.2, 0.25) is 0 Å². The highest BCUT2D eigenvalue weighted by Gasteiger charge is 2.17. The van der Waals surface area contributed by atoms with Crippen LogP contribution in [0.1, 0.15) is 24.8 Å². The predicted molar refractivity (Wildman–Crippen MR) is 88.3 cm³/mol. The zero-order valence-electron chi connectivity index (χ0n) is 13.9. The molecule has 1 N–H and O–H groups in total. The molecule has 6 nitrogen and oxygen atoms in total. The minimum absolute atomic E-state index is 0.123. The van der Waals surface area contributed by atoms with E-state index in [0.29, 0.717) is 19.5 Å². The molecule has 0 bridgehead atoms. The third-order valence-electron chi connectivity index (χ3n) is 3.97. The van der Waals surface area contributed by atoms with Crippen molar-refractivity contribution in [1.82, 2.24) is 15.1 Å². The molecule has 1 saturated heterocycles. The SMILES string of the molecule is COc1cccc(CN(C)C(=O)NCCC(=O)N2CCCC2)c1. The van der Waals surface area contributed by atoms with Crippen LogP contribution in [0.25, 0.3) is 0 Å². The third kappa shape index (κ3) is 5.16. The molecule has 0 saturated carbocycles. The second-order valence-corrected chi connectivity index (χ2v) is 5.78. The van der Waals surface area contributed by atoms with Gasteiger partial charge in [0.1, 0.15) is 5.75 Å². The number of nitrogens with one attached hydrogen (secondary N) is 1. The van der Waals surface area contributed by atoms with Crippen molar-refractivity contribution in [3.8, 4) is 5.75 Å². The first-order valence-corrected chi connectivity index (χ1v) is 8.00. The van der Waals surface area contributed by atoms with Crippen LogP contribution in [-0.4, -0.2) is 55.5 Å². The smallest absolute Gasteiger partial charge is 0.317 e. The lowest BCUT2D eigenvalue weighted by Crippen LogP contribution is -2.39. The molecule has 0 atom stereocenters. The lowest BCUT2D eigenvalue weighted by Gasteiger charge is -2.19. The van der Waals surface area contributed by atoms with E-state index in [-0.39, 0.29) is 11.9 Å². The molecule has 1 aliphatic heterocycles. The molecule has 2 rings (SSSR count). The monoisotopic (exact) mass is 319 g/mol. The van der Waals surface area contributed by atoms with Crippen LogP contribution in [0.15, 0.2) is 24.3 Å². The Morgan fingerprint density at radius 1 is 1.30 bits per heavy atom. The van der Waals surface area contributed by atoms with Crippen molar-refractivity contribution in [2.45, 2.75) is 25.8 Å². The molecule has 0 spiro atoms. The van der Waals surface area contributed by atoms with Crippen LogP contribution < -0.4 is 10.1 Å². The number of hydrogen-bond acceptors (Lipinski definition) is 3. The molecular formula is C17H25N3O3. The van der Waals surface area contributed by atoms with E-state index in [2.05, 4.69) is 5.32 Å². The van der Waals surface area contributed by atoms with Gasteiger partial charge in [0, 0.05) is 39.6 Å². The summed E-state index contributed by atoms with van der Waals surface area (Å²) in [5.41, 5.74) is 0.996. The Labute approximate surface area is 137 Å². The van der Waals surface area contributed by atoms with Gasteiger partial charge in [0.2, 0.25) is 5.91 Å².